The summed E-state index contributed by atoms with van der Waals surface area (Å²) >= 11 is 0. The van der Waals surface area contributed by atoms with E-state index in [4.69, 9.17) is 10.5 Å². The second-order valence-corrected chi connectivity index (χ2v) is 4.28. The molecule has 1 atom stereocenters. The van der Waals surface area contributed by atoms with Gasteiger partial charge in [-0.1, -0.05) is 0 Å². The molecule has 0 saturated carbocycles. The Hall–Kier alpha value is -1.66. The number of nitrogens with two attached hydrogens (primary N) is 1. The number of nitrogens with zero attached hydrogens (tertiary/aromatic N) is 1. The Bertz CT molecular complexity index is 489. The molecule has 6 nitrogen and oxygen atoms in total. The van der Waals surface area contributed by atoms with Gasteiger partial charge in [-0.05, 0) is 12.5 Å². The molecule has 0 radical (unpaired) electrons. The predicted molar refractivity (Wildman–Crippen MR) is 62.7 cm³/mol. The van der Waals surface area contributed by atoms with Crippen LogP contribution in [0.25, 0.3) is 0 Å². The van der Waals surface area contributed by atoms with Crippen molar-refractivity contribution in [2.45, 2.75) is 12.0 Å². The summed E-state index contributed by atoms with van der Waals surface area (Å²) in [6.45, 7) is 0.724. The third kappa shape index (κ3) is 2.37. The van der Waals surface area contributed by atoms with E-state index in [-0.39, 0.29) is 18.1 Å². The molecule has 1 aromatic rings. The largest absolute Gasteiger partial charge is 0.379 e. The van der Waals surface area contributed by atoms with E-state index in [9.17, 15) is 9.59 Å². The van der Waals surface area contributed by atoms with Gasteiger partial charge in [0.05, 0.1) is 12.3 Å². The minimum atomic E-state index is -0.964. The number of carbonyl (C=O) groups excluding carboxylic acids is 1. The fourth-order valence-electron chi connectivity index (χ4n) is 1.68. The zero-order valence-corrected chi connectivity index (χ0v) is 9.60. The Morgan fingerprint density at radius 1 is 1.59 bits per heavy atom. The molecule has 0 aromatic carbocycles. The first-order chi connectivity index (χ1) is 8.01. The summed E-state index contributed by atoms with van der Waals surface area (Å²) in [4.78, 5) is 23.1. The minimum absolute atomic E-state index is 0.130. The zero-order valence-electron chi connectivity index (χ0n) is 9.60. The number of rotatable bonds is 2. The molecular weight excluding hydrogens is 222 g/mol. The molecule has 1 amide bonds. The number of ether oxygens (including phenoxy) is 1. The third-order valence-corrected chi connectivity index (χ3v) is 2.85. The molecule has 0 aliphatic carbocycles. The van der Waals surface area contributed by atoms with Crippen LogP contribution >= 0.6 is 0 Å². The number of anilines is 1. The van der Waals surface area contributed by atoms with Gasteiger partial charge in [-0.3, -0.25) is 9.59 Å². The average Bonchev–Trinajstić information content (AvgIpc) is 2.72. The van der Waals surface area contributed by atoms with Gasteiger partial charge in [-0.2, -0.15) is 0 Å². The summed E-state index contributed by atoms with van der Waals surface area (Å²) in [6, 6.07) is 2.95. The third-order valence-electron chi connectivity index (χ3n) is 2.85. The first-order valence-corrected chi connectivity index (χ1v) is 5.36. The lowest BCUT2D eigenvalue weighted by molar-refractivity contribution is -0.121. The van der Waals surface area contributed by atoms with E-state index in [0.29, 0.717) is 18.7 Å². The number of aromatic nitrogens is 1. The Balaban J connectivity index is 2.13. The van der Waals surface area contributed by atoms with E-state index >= 15 is 0 Å². The first kappa shape index (κ1) is 11.8. The summed E-state index contributed by atoms with van der Waals surface area (Å²) < 4.78 is 6.51. The molecule has 1 unspecified atom stereocenters. The van der Waals surface area contributed by atoms with Crippen molar-refractivity contribution in [2.75, 3.05) is 18.5 Å². The second kappa shape index (κ2) is 4.31. The molecule has 2 rings (SSSR count). The van der Waals surface area contributed by atoms with Gasteiger partial charge in [0.15, 0.2) is 0 Å². The summed E-state index contributed by atoms with van der Waals surface area (Å²) in [5, 5.41) is 2.69. The number of nitrogens with one attached hydrogen (secondary N) is 1. The monoisotopic (exact) mass is 237 g/mol. The van der Waals surface area contributed by atoms with Gasteiger partial charge in [-0.25, -0.2) is 0 Å². The lowest BCUT2D eigenvalue weighted by atomic mass is 9.99. The van der Waals surface area contributed by atoms with Gasteiger partial charge >= 0.3 is 0 Å². The van der Waals surface area contributed by atoms with Gasteiger partial charge in [0, 0.05) is 25.9 Å². The maximum Gasteiger partial charge on any atom is 0.250 e. The van der Waals surface area contributed by atoms with Crippen LogP contribution in [0.4, 0.5) is 5.69 Å². The van der Waals surface area contributed by atoms with Crippen molar-refractivity contribution in [3.63, 3.8) is 0 Å². The van der Waals surface area contributed by atoms with Crippen LogP contribution < -0.4 is 16.6 Å². The fourth-order valence-corrected chi connectivity index (χ4v) is 1.68. The van der Waals surface area contributed by atoms with Crippen LogP contribution in [0.2, 0.25) is 0 Å². The topological polar surface area (TPSA) is 86.3 Å². The first-order valence-electron chi connectivity index (χ1n) is 5.36. The molecule has 1 aliphatic heterocycles. The standard InChI is InChI=1S/C11H15N3O3/c1-14-6-8(2-3-9(14)15)13-10(16)11(12)4-5-17-7-11/h2-3,6H,4-5,7,12H2,1H3,(H,13,16). The van der Waals surface area contributed by atoms with E-state index in [0.717, 1.165) is 0 Å². The lowest BCUT2D eigenvalue weighted by Gasteiger charge is -2.20. The number of aryl methyl sites for hydroxylation is 1. The van der Waals surface area contributed by atoms with Crippen molar-refractivity contribution in [1.29, 1.82) is 0 Å². The van der Waals surface area contributed by atoms with Crippen LogP contribution in [0, 0.1) is 0 Å². The molecule has 3 N–H and O–H groups in total. The van der Waals surface area contributed by atoms with Crippen molar-refractivity contribution < 1.29 is 9.53 Å². The van der Waals surface area contributed by atoms with E-state index < -0.39 is 5.54 Å². The van der Waals surface area contributed by atoms with Gasteiger partial charge in [-0.15, -0.1) is 0 Å². The van der Waals surface area contributed by atoms with Crippen LogP contribution in [0.5, 0.6) is 0 Å². The molecule has 1 aliphatic rings. The molecule has 0 spiro atoms. The van der Waals surface area contributed by atoms with E-state index in [1.807, 2.05) is 0 Å². The predicted octanol–water partition coefficient (Wildman–Crippen LogP) is -0.558. The van der Waals surface area contributed by atoms with Gasteiger partial charge in [0.1, 0.15) is 5.54 Å². The molecule has 1 fully saturated rings. The number of pyridine rings is 1. The quantitative estimate of drug-likeness (QED) is 0.722. The molecule has 2 heterocycles. The highest BCUT2D eigenvalue weighted by Gasteiger charge is 2.38. The summed E-state index contributed by atoms with van der Waals surface area (Å²) in [7, 11) is 1.62. The number of amides is 1. The van der Waals surface area contributed by atoms with E-state index in [2.05, 4.69) is 5.32 Å². The summed E-state index contributed by atoms with van der Waals surface area (Å²) in [5.41, 5.74) is 5.37. The van der Waals surface area contributed by atoms with Gasteiger partial charge < -0.3 is 20.4 Å². The molecule has 6 heteroatoms. The van der Waals surface area contributed by atoms with Crippen LogP contribution in [-0.4, -0.2) is 29.2 Å². The SMILES string of the molecule is Cn1cc(NC(=O)C2(N)CCOC2)ccc1=O. The lowest BCUT2D eigenvalue weighted by Crippen LogP contribution is -2.51. The van der Waals surface area contributed by atoms with Crippen LogP contribution in [0.3, 0.4) is 0 Å². The highest BCUT2D eigenvalue weighted by molar-refractivity contribution is 5.98. The Morgan fingerprint density at radius 3 is 2.94 bits per heavy atom. The van der Waals surface area contributed by atoms with Crippen LogP contribution in [0.15, 0.2) is 23.1 Å². The molecular formula is C11H15N3O3. The van der Waals surface area contributed by atoms with Crippen LogP contribution in [-0.2, 0) is 16.6 Å². The minimum Gasteiger partial charge on any atom is -0.379 e. The normalized spacial score (nSPS) is 23.6. The number of hydrogen-bond donors (Lipinski definition) is 2. The summed E-state index contributed by atoms with van der Waals surface area (Å²) in [6.07, 6.45) is 2.06. The van der Waals surface area contributed by atoms with E-state index in [1.54, 1.807) is 19.3 Å². The van der Waals surface area contributed by atoms with Gasteiger partial charge in [0.2, 0.25) is 11.5 Å². The maximum absolute atomic E-state index is 11.9. The second-order valence-electron chi connectivity index (χ2n) is 4.28. The van der Waals surface area contributed by atoms with Crippen molar-refractivity contribution in [3.8, 4) is 0 Å². The Kier molecular flexibility index (Phi) is 2.99. The van der Waals surface area contributed by atoms with Crippen molar-refractivity contribution in [3.05, 3.63) is 28.7 Å². The summed E-state index contributed by atoms with van der Waals surface area (Å²) in [5.74, 6) is -0.284. The molecule has 1 aromatic heterocycles. The molecule has 92 valence electrons. The number of hydrogen-bond acceptors (Lipinski definition) is 4. The zero-order chi connectivity index (χ0) is 12.5. The van der Waals surface area contributed by atoms with E-state index in [1.165, 1.54) is 10.6 Å². The fraction of sp³-hybridized carbons (Fsp3) is 0.455. The van der Waals surface area contributed by atoms with Gasteiger partial charge in [0.25, 0.3) is 0 Å². The highest BCUT2D eigenvalue weighted by atomic mass is 16.5. The Morgan fingerprint density at radius 2 is 2.35 bits per heavy atom. The average molecular weight is 237 g/mol. The maximum atomic E-state index is 11.9. The van der Waals surface area contributed by atoms with Crippen molar-refractivity contribution >= 4 is 11.6 Å². The van der Waals surface area contributed by atoms with Crippen molar-refractivity contribution in [1.82, 2.24) is 4.57 Å². The molecule has 17 heavy (non-hydrogen) atoms. The smallest absolute Gasteiger partial charge is 0.250 e. The Labute approximate surface area is 98.4 Å². The van der Waals surface area contributed by atoms with Crippen LogP contribution in [0.1, 0.15) is 6.42 Å². The highest BCUT2D eigenvalue weighted by Crippen LogP contribution is 2.17. The number of carbonyl (C=O) groups is 1. The molecule has 0 bridgehead atoms. The van der Waals surface area contributed by atoms with Crippen molar-refractivity contribution in [2.24, 2.45) is 12.8 Å². The molecule has 1 saturated heterocycles.